The molecule has 0 saturated carbocycles. The maximum Gasteiger partial charge on any atom is 0.248 e. The predicted octanol–water partition coefficient (Wildman–Crippen LogP) is 1.68. The maximum atomic E-state index is 8.87. The van der Waals surface area contributed by atoms with Gasteiger partial charge in [0.15, 0.2) is 18.9 Å². The quantitative estimate of drug-likeness (QED) is 0.731. The monoisotopic (exact) mass is 268 g/mol. The Kier molecular flexibility index (Phi) is 3.52. The van der Waals surface area contributed by atoms with Crippen LogP contribution in [0.15, 0.2) is 59.3 Å². The van der Waals surface area contributed by atoms with E-state index >= 15 is 0 Å². The molecule has 3 rings (SSSR count). The van der Waals surface area contributed by atoms with E-state index in [0.29, 0.717) is 18.3 Å². The van der Waals surface area contributed by atoms with Crippen molar-refractivity contribution in [2.45, 2.75) is 6.54 Å². The molecule has 0 spiro atoms. The molecule has 0 bridgehead atoms. The Balaban J connectivity index is 1.86. The number of aliphatic hydroxyl groups is 1. The number of aliphatic hydroxyl groups excluding tert-OH is 1. The minimum atomic E-state index is 0.114. The van der Waals surface area contributed by atoms with Crippen LogP contribution in [0.3, 0.4) is 0 Å². The Morgan fingerprint density at radius 1 is 0.900 bits per heavy atom. The molecule has 0 amide bonds. The smallest absolute Gasteiger partial charge is 0.248 e. The van der Waals surface area contributed by atoms with E-state index in [9.17, 15) is 0 Å². The van der Waals surface area contributed by atoms with Crippen molar-refractivity contribution in [1.29, 1.82) is 0 Å². The van der Waals surface area contributed by atoms with Crippen molar-refractivity contribution < 1.29 is 14.1 Å². The summed E-state index contributed by atoms with van der Waals surface area (Å²) in [5, 5.41) is 17.0. The van der Waals surface area contributed by atoms with Gasteiger partial charge >= 0.3 is 0 Å². The van der Waals surface area contributed by atoms with E-state index < -0.39 is 0 Å². The van der Waals surface area contributed by atoms with Gasteiger partial charge in [-0.05, 0) is 12.1 Å². The molecule has 5 nitrogen and oxygen atoms in total. The van der Waals surface area contributed by atoms with Crippen molar-refractivity contribution in [3.63, 3.8) is 0 Å². The zero-order chi connectivity index (χ0) is 13.8. The molecule has 1 N–H and O–H groups in total. The number of aromatic nitrogens is 3. The van der Waals surface area contributed by atoms with Crippen molar-refractivity contribution in [1.82, 2.24) is 10.2 Å². The summed E-state index contributed by atoms with van der Waals surface area (Å²) in [4.78, 5) is 0. The van der Waals surface area contributed by atoms with E-state index in [4.69, 9.17) is 9.52 Å². The molecule has 20 heavy (non-hydrogen) atoms. The molecule has 3 aromatic rings. The molecular weight excluding hydrogens is 254 g/mol. The van der Waals surface area contributed by atoms with Crippen molar-refractivity contribution in [3.8, 4) is 22.9 Å². The standard InChI is InChI=1S/C15H14N3O2/c19-11-10-18-8-6-13(7-9-18)15-17-16-14(20-15)12-4-2-1-3-5-12/h1-9,19H,10-11H2/q+1. The Bertz CT molecular complexity index is 678. The van der Waals surface area contributed by atoms with Gasteiger partial charge in [-0.15, -0.1) is 10.2 Å². The predicted molar refractivity (Wildman–Crippen MR) is 72.5 cm³/mol. The molecule has 2 heterocycles. The Labute approximate surface area is 116 Å². The minimum absolute atomic E-state index is 0.114. The van der Waals surface area contributed by atoms with E-state index in [1.165, 1.54) is 0 Å². The SMILES string of the molecule is OCC[n+]1ccc(-c2nnc(-c3ccccc3)o2)cc1. The first kappa shape index (κ1) is 12.5. The van der Waals surface area contributed by atoms with Crippen LogP contribution in [0.5, 0.6) is 0 Å². The second kappa shape index (κ2) is 5.63. The highest BCUT2D eigenvalue weighted by molar-refractivity contribution is 5.56. The molecule has 1 aromatic carbocycles. The van der Waals surface area contributed by atoms with Gasteiger partial charge in [-0.3, -0.25) is 0 Å². The second-order valence-electron chi connectivity index (χ2n) is 4.33. The fraction of sp³-hybridized carbons (Fsp3) is 0.133. The average Bonchev–Trinajstić information content (AvgIpc) is 2.99. The molecule has 0 saturated heterocycles. The fourth-order valence-electron chi connectivity index (χ4n) is 1.90. The van der Waals surface area contributed by atoms with Crippen molar-refractivity contribution in [2.24, 2.45) is 0 Å². The summed E-state index contributed by atoms with van der Waals surface area (Å²) in [5.41, 5.74) is 1.76. The molecule has 0 aliphatic carbocycles. The summed E-state index contributed by atoms with van der Waals surface area (Å²) in [6.45, 7) is 0.683. The van der Waals surface area contributed by atoms with Crippen molar-refractivity contribution in [2.75, 3.05) is 6.61 Å². The van der Waals surface area contributed by atoms with Gasteiger partial charge in [-0.1, -0.05) is 18.2 Å². The Morgan fingerprint density at radius 3 is 2.10 bits per heavy atom. The number of pyridine rings is 1. The first-order chi connectivity index (χ1) is 9.86. The zero-order valence-electron chi connectivity index (χ0n) is 10.8. The van der Waals surface area contributed by atoms with Crippen LogP contribution in [0.2, 0.25) is 0 Å². The summed E-state index contributed by atoms with van der Waals surface area (Å²) in [7, 11) is 0. The lowest BCUT2D eigenvalue weighted by molar-refractivity contribution is -0.698. The van der Waals surface area contributed by atoms with Crippen LogP contribution in [-0.4, -0.2) is 21.9 Å². The first-order valence-electron chi connectivity index (χ1n) is 6.36. The molecule has 0 atom stereocenters. The summed E-state index contributed by atoms with van der Waals surface area (Å²) in [6.07, 6.45) is 3.75. The van der Waals surface area contributed by atoms with Gasteiger partial charge in [-0.25, -0.2) is 4.57 Å². The van der Waals surface area contributed by atoms with Crippen LogP contribution in [-0.2, 0) is 6.54 Å². The Hall–Kier alpha value is -2.53. The van der Waals surface area contributed by atoms with Crippen LogP contribution in [0.25, 0.3) is 22.9 Å². The zero-order valence-corrected chi connectivity index (χ0v) is 10.8. The van der Waals surface area contributed by atoms with Crippen LogP contribution in [0.4, 0.5) is 0 Å². The van der Waals surface area contributed by atoms with Gasteiger partial charge in [0, 0.05) is 17.7 Å². The summed E-state index contributed by atoms with van der Waals surface area (Å²) < 4.78 is 7.56. The number of hydrogen-bond donors (Lipinski definition) is 1. The highest BCUT2D eigenvalue weighted by Gasteiger charge is 2.11. The summed E-state index contributed by atoms with van der Waals surface area (Å²) in [5.74, 6) is 0.993. The van der Waals surface area contributed by atoms with E-state index in [-0.39, 0.29) is 6.61 Å². The van der Waals surface area contributed by atoms with Gasteiger partial charge in [-0.2, -0.15) is 0 Å². The number of hydrogen-bond acceptors (Lipinski definition) is 4. The van der Waals surface area contributed by atoms with Crippen LogP contribution < -0.4 is 4.57 Å². The van der Waals surface area contributed by atoms with Crippen molar-refractivity contribution in [3.05, 3.63) is 54.9 Å². The van der Waals surface area contributed by atoms with E-state index in [0.717, 1.165) is 11.1 Å². The van der Waals surface area contributed by atoms with Gasteiger partial charge in [0.1, 0.15) is 6.61 Å². The number of benzene rings is 1. The third-order valence-corrected chi connectivity index (χ3v) is 2.94. The largest absolute Gasteiger partial charge is 0.416 e. The third kappa shape index (κ3) is 2.57. The van der Waals surface area contributed by atoms with E-state index in [1.807, 2.05) is 59.4 Å². The van der Waals surface area contributed by atoms with Gasteiger partial charge in [0.2, 0.25) is 11.8 Å². The summed E-state index contributed by atoms with van der Waals surface area (Å²) >= 11 is 0. The Morgan fingerprint density at radius 2 is 1.50 bits per heavy atom. The first-order valence-corrected chi connectivity index (χ1v) is 6.36. The normalized spacial score (nSPS) is 10.7. The minimum Gasteiger partial charge on any atom is -0.416 e. The van der Waals surface area contributed by atoms with Crippen molar-refractivity contribution >= 4 is 0 Å². The molecule has 100 valence electrons. The fourth-order valence-corrected chi connectivity index (χ4v) is 1.90. The lowest BCUT2D eigenvalue weighted by Crippen LogP contribution is -2.34. The molecule has 2 aromatic heterocycles. The van der Waals surface area contributed by atoms with Crippen LogP contribution in [0.1, 0.15) is 0 Å². The molecule has 5 heteroatoms. The molecule has 0 aliphatic heterocycles. The number of rotatable bonds is 4. The van der Waals surface area contributed by atoms with Crippen LogP contribution in [0, 0.1) is 0 Å². The molecule has 0 unspecified atom stereocenters. The number of nitrogens with zero attached hydrogens (tertiary/aromatic N) is 3. The van der Waals surface area contributed by atoms with Crippen LogP contribution >= 0.6 is 0 Å². The van der Waals surface area contributed by atoms with Gasteiger partial charge in [0.05, 0.1) is 5.56 Å². The maximum absolute atomic E-state index is 8.87. The molecule has 0 fully saturated rings. The van der Waals surface area contributed by atoms with E-state index in [1.54, 1.807) is 0 Å². The molecular formula is C15H14N3O2+. The second-order valence-corrected chi connectivity index (χ2v) is 4.33. The average molecular weight is 268 g/mol. The highest BCUT2D eigenvalue weighted by atomic mass is 16.4. The summed E-state index contributed by atoms with van der Waals surface area (Å²) in [6, 6.07) is 13.4. The highest BCUT2D eigenvalue weighted by Crippen LogP contribution is 2.22. The molecule has 0 radical (unpaired) electrons. The van der Waals surface area contributed by atoms with Gasteiger partial charge in [0.25, 0.3) is 0 Å². The van der Waals surface area contributed by atoms with Gasteiger partial charge < -0.3 is 9.52 Å². The lowest BCUT2D eigenvalue weighted by Gasteiger charge is -1.95. The van der Waals surface area contributed by atoms with E-state index in [2.05, 4.69) is 10.2 Å². The lowest BCUT2D eigenvalue weighted by atomic mass is 10.2. The molecule has 0 aliphatic rings. The topological polar surface area (TPSA) is 63.0 Å². The third-order valence-electron chi connectivity index (χ3n) is 2.94.